The minimum atomic E-state index is -4.96. The van der Waals surface area contributed by atoms with E-state index < -0.39 is 97.5 Å². The molecule has 0 aromatic carbocycles. The minimum Gasteiger partial charge on any atom is -0.462 e. The van der Waals surface area contributed by atoms with E-state index in [1.807, 2.05) is 0 Å². The zero-order valence-electron chi connectivity index (χ0n) is 64.1. The Morgan fingerprint density at radius 2 is 0.469 bits per heavy atom. The van der Waals surface area contributed by atoms with Crippen molar-refractivity contribution in [1.82, 2.24) is 0 Å². The van der Waals surface area contributed by atoms with Crippen molar-refractivity contribution in [3.05, 3.63) is 0 Å². The van der Waals surface area contributed by atoms with Crippen LogP contribution in [0.25, 0.3) is 0 Å². The highest BCUT2D eigenvalue weighted by Gasteiger charge is 2.30. The molecule has 5 atom stereocenters. The molecule has 0 aliphatic heterocycles. The zero-order valence-corrected chi connectivity index (χ0v) is 65.9. The predicted octanol–water partition coefficient (Wildman–Crippen LogP) is 23.5. The van der Waals surface area contributed by atoms with Crippen LogP contribution in [0, 0.1) is 11.8 Å². The summed E-state index contributed by atoms with van der Waals surface area (Å²) in [6.07, 6.45) is 59.6. The highest BCUT2D eigenvalue weighted by atomic mass is 31.2. The van der Waals surface area contributed by atoms with Crippen molar-refractivity contribution in [2.24, 2.45) is 11.8 Å². The molecule has 0 saturated heterocycles. The fourth-order valence-corrected chi connectivity index (χ4v) is 13.8. The molecule has 17 nitrogen and oxygen atoms in total. The summed E-state index contributed by atoms with van der Waals surface area (Å²) in [6.45, 7) is 9.61. The molecule has 0 radical (unpaired) electrons. The minimum absolute atomic E-state index is 0.106. The number of ether oxygens (including phenoxy) is 4. The number of carbonyl (C=O) groups excluding carboxylic acids is 4. The number of unbranched alkanes of at least 4 members (excludes halogenated alkanes) is 48. The van der Waals surface area contributed by atoms with Gasteiger partial charge in [0, 0.05) is 25.7 Å². The molecular formula is C79H154O17P2. The largest absolute Gasteiger partial charge is 0.472 e. The Balaban J connectivity index is 5.24. The molecular weight excluding hydrogens is 1280 g/mol. The van der Waals surface area contributed by atoms with Crippen molar-refractivity contribution in [3.8, 4) is 0 Å². The van der Waals surface area contributed by atoms with Crippen molar-refractivity contribution in [2.45, 2.75) is 432 Å². The molecule has 0 fully saturated rings. The summed E-state index contributed by atoms with van der Waals surface area (Å²) in [6, 6.07) is 0. The maximum atomic E-state index is 13.1. The standard InChI is InChI=1S/C79H154O17P2/c1-7-9-11-13-15-17-19-20-21-22-23-24-25-28-33-39-45-51-57-63-78(83)95-74(67-90-77(82)62-56-50-44-38-32-29-26-27-31-35-41-47-53-59-71(3)4)69-93-97(85,86)91-65-73(80)66-92-98(87,88)94-70-75(68-89-76(81)61-55-49-43-37-30-18-16-14-12-10-8-2)96-79(84)64-58-52-46-40-34-36-42-48-54-60-72(5)6/h71-75,80H,7-70H2,1-6H3,(H,85,86)(H,87,88)/t73-,74-,75-/m1/s1. The van der Waals surface area contributed by atoms with Crippen LogP contribution in [0.4, 0.5) is 0 Å². The van der Waals surface area contributed by atoms with Crippen molar-refractivity contribution in [1.29, 1.82) is 0 Å². The Hall–Kier alpha value is -1.94. The fraction of sp³-hybridized carbons (Fsp3) is 0.949. The van der Waals surface area contributed by atoms with E-state index in [0.29, 0.717) is 25.7 Å². The third kappa shape index (κ3) is 72.4. The topological polar surface area (TPSA) is 237 Å². The van der Waals surface area contributed by atoms with Gasteiger partial charge >= 0.3 is 39.5 Å². The first kappa shape index (κ1) is 96.1. The van der Waals surface area contributed by atoms with E-state index in [0.717, 1.165) is 102 Å². The lowest BCUT2D eigenvalue weighted by atomic mass is 10.0. The summed E-state index contributed by atoms with van der Waals surface area (Å²) in [5.41, 5.74) is 0. The Morgan fingerprint density at radius 3 is 0.694 bits per heavy atom. The number of phosphoric ester groups is 2. The molecule has 0 rings (SSSR count). The molecule has 0 bridgehead atoms. The average Bonchev–Trinajstić information content (AvgIpc) is 1.48. The Bertz CT molecular complexity index is 1890. The normalized spacial score (nSPS) is 13.9. The average molecular weight is 1440 g/mol. The van der Waals surface area contributed by atoms with E-state index in [9.17, 15) is 43.2 Å². The van der Waals surface area contributed by atoms with Gasteiger partial charge in [-0.1, -0.05) is 363 Å². The van der Waals surface area contributed by atoms with Crippen LogP contribution < -0.4 is 0 Å². The van der Waals surface area contributed by atoms with Gasteiger partial charge in [0.25, 0.3) is 0 Å². The fourth-order valence-electron chi connectivity index (χ4n) is 12.2. The first-order valence-corrected chi connectivity index (χ1v) is 44.0. The summed E-state index contributed by atoms with van der Waals surface area (Å²) in [4.78, 5) is 72.9. The summed E-state index contributed by atoms with van der Waals surface area (Å²) >= 11 is 0. The van der Waals surface area contributed by atoms with Gasteiger partial charge in [-0.15, -0.1) is 0 Å². The van der Waals surface area contributed by atoms with Crippen LogP contribution in [0.2, 0.25) is 0 Å². The van der Waals surface area contributed by atoms with Gasteiger partial charge in [-0.05, 0) is 37.5 Å². The van der Waals surface area contributed by atoms with Gasteiger partial charge in [0.15, 0.2) is 12.2 Å². The second-order valence-corrected chi connectivity index (χ2v) is 32.3. The van der Waals surface area contributed by atoms with Crippen molar-refractivity contribution >= 4 is 39.5 Å². The number of esters is 4. The number of aliphatic hydroxyl groups is 1. The van der Waals surface area contributed by atoms with Crippen LogP contribution in [0.5, 0.6) is 0 Å². The summed E-state index contributed by atoms with van der Waals surface area (Å²) in [5.74, 6) is -0.583. The second kappa shape index (κ2) is 70.7. The first-order valence-electron chi connectivity index (χ1n) is 41.0. The van der Waals surface area contributed by atoms with Crippen molar-refractivity contribution in [3.63, 3.8) is 0 Å². The lowest BCUT2D eigenvalue weighted by molar-refractivity contribution is -0.161. The smallest absolute Gasteiger partial charge is 0.462 e. The van der Waals surface area contributed by atoms with Crippen LogP contribution in [-0.4, -0.2) is 96.7 Å². The van der Waals surface area contributed by atoms with Crippen LogP contribution in [-0.2, 0) is 65.4 Å². The van der Waals surface area contributed by atoms with Gasteiger partial charge < -0.3 is 33.8 Å². The second-order valence-electron chi connectivity index (χ2n) is 29.4. The zero-order chi connectivity index (χ0) is 72.1. The van der Waals surface area contributed by atoms with Gasteiger partial charge in [0.1, 0.15) is 19.3 Å². The summed E-state index contributed by atoms with van der Waals surface area (Å²) in [7, 11) is -9.92. The van der Waals surface area contributed by atoms with E-state index in [4.69, 9.17) is 37.0 Å². The molecule has 3 N–H and O–H groups in total. The third-order valence-corrected chi connectivity index (χ3v) is 20.4. The van der Waals surface area contributed by atoms with Crippen molar-refractivity contribution in [2.75, 3.05) is 39.6 Å². The number of rotatable bonds is 78. The Labute approximate surface area is 600 Å². The number of carbonyl (C=O) groups is 4. The molecule has 0 aromatic rings. The lowest BCUT2D eigenvalue weighted by Gasteiger charge is -2.21. The number of phosphoric acid groups is 2. The number of aliphatic hydroxyl groups excluding tert-OH is 1. The molecule has 0 aliphatic rings. The monoisotopic (exact) mass is 1440 g/mol. The highest BCUT2D eigenvalue weighted by Crippen LogP contribution is 2.45. The van der Waals surface area contributed by atoms with Crippen LogP contribution in [0.3, 0.4) is 0 Å². The molecule has 0 aromatic heterocycles. The molecule has 98 heavy (non-hydrogen) atoms. The van der Waals surface area contributed by atoms with E-state index in [1.165, 1.54) is 231 Å². The summed E-state index contributed by atoms with van der Waals surface area (Å²) < 4.78 is 68.6. The maximum absolute atomic E-state index is 13.1. The highest BCUT2D eigenvalue weighted by molar-refractivity contribution is 7.47. The van der Waals surface area contributed by atoms with Crippen LogP contribution in [0.15, 0.2) is 0 Å². The third-order valence-electron chi connectivity index (χ3n) is 18.5. The van der Waals surface area contributed by atoms with Gasteiger partial charge in [0.2, 0.25) is 0 Å². The Kier molecular flexibility index (Phi) is 69.3. The molecule has 582 valence electrons. The van der Waals surface area contributed by atoms with Crippen molar-refractivity contribution < 1.29 is 80.2 Å². The maximum Gasteiger partial charge on any atom is 0.472 e. The van der Waals surface area contributed by atoms with E-state index in [2.05, 4.69) is 41.5 Å². The number of hydrogen-bond donors (Lipinski definition) is 3. The van der Waals surface area contributed by atoms with Gasteiger partial charge in [-0.25, -0.2) is 9.13 Å². The molecule has 2 unspecified atom stereocenters. The number of hydrogen-bond acceptors (Lipinski definition) is 15. The van der Waals surface area contributed by atoms with E-state index >= 15 is 0 Å². The summed E-state index contributed by atoms with van der Waals surface area (Å²) in [5, 5.41) is 10.6. The van der Waals surface area contributed by atoms with Gasteiger partial charge in [-0.2, -0.15) is 0 Å². The molecule has 19 heteroatoms. The molecule has 0 spiro atoms. The SMILES string of the molecule is CCCCCCCCCCCCCCCCCCCCCC(=O)O[C@H](COC(=O)CCCCCCCCCCCCCCCC(C)C)COP(=O)(O)OC[C@@H](O)COP(=O)(O)OC[C@@H](COC(=O)CCCCCCCCCCCCC)OC(=O)CCCCCCCCCCCC(C)C. The predicted molar refractivity (Wildman–Crippen MR) is 400 cm³/mol. The molecule has 0 aliphatic carbocycles. The first-order chi connectivity index (χ1) is 47.4. The van der Waals surface area contributed by atoms with Gasteiger partial charge in [-0.3, -0.25) is 37.3 Å². The quantitative estimate of drug-likeness (QED) is 0.0222. The lowest BCUT2D eigenvalue weighted by Crippen LogP contribution is -2.30. The van der Waals surface area contributed by atoms with Crippen LogP contribution >= 0.6 is 15.6 Å². The molecule has 0 amide bonds. The van der Waals surface area contributed by atoms with Crippen LogP contribution in [0.1, 0.15) is 414 Å². The van der Waals surface area contributed by atoms with E-state index in [-0.39, 0.29) is 25.7 Å². The van der Waals surface area contributed by atoms with E-state index in [1.54, 1.807) is 0 Å². The Morgan fingerprint density at radius 1 is 0.276 bits per heavy atom. The molecule has 0 saturated carbocycles. The van der Waals surface area contributed by atoms with Gasteiger partial charge in [0.05, 0.1) is 26.4 Å². The molecule has 0 heterocycles.